The van der Waals surface area contributed by atoms with Crippen molar-refractivity contribution in [1.82, 2.24) is 4.90 Å². The van der Waals surface area contributed by atoms with Crippen LogP contribution < -0.4 is 0 Å². The molecular formula is C12H17NOS. The molecule has 0 aromatic heterocycles. The zero-order chi connectivity index (χ0) is 10.8. The Morgan fingerprint density at radius 3 is 2.60 bits per heavy atom. The highest BCUT2D eigenvalue weighted by atomic mass is 32.1. The van der Waals surface area contributed by atoms with E-state index in [0.717, 1.165) is 6.61 Å². The monoisotopic (exact) mass is 223 g/mol. The molecule has 1 heterocycles. The van der Waals surface area contributed by atoms with Gasteiger partial charge in [-0.25, -0.2) is 0 Å². The first-order valence-electron chi connectivity index (χ1n) is 5.32. The molecule has 2 atom stereocenters. The molecule has 2 rings (SSSR count). The topological polar surface area (TPSA) is 12.5 Å². The standard InChI is InChI=1S/C12H17NOS/c1-9(2)13-11(8-14-12(13)15)10-6-4-3-5-7-10/h3-7,9,11-12,15H,8H2,1-2H3/t11-,12?/m1/s1. The number of benzene rings is 1. The Morgan fingerprint density at radius 2 is 2.00 bits per heavy atom. The molecule has 1 saturated heterocycles. The minimum atomic E-state index is -0.0739. The lowest BCUT2D eigenvalue weighted by Gasteiger charge is -2.29. The molecule has 0 aliphatic carbocycles. The fourth-order valence-corrected chi connectivity index (χ4v) is 2.58. The lowest BCUT2D eigenvalue weighted by Crippen LogP contribution is -2.35. The summed E-state index contributed by atoms with van der Waals surface area (Å²) in [5.41, 5.74) is 1.23. The maximum atomic E-state index is 5.58. The van der Waals surface area contributed by atoms with Crippen LogP contribution >= 0.6 is 12.6 Å². The summed E-state index contributed by atoms with van der Waals surface area (Å²) in [7, 11) is 0. The van der Waals surface area contributed by atoms with Crippen LogP contribution in [0.4, 0.5) is 0 Å². The molecule has 1 unspecified atom stereocenters. The van der Waals surface area contributed by atoms with Crippen LogP contribution in [0.25, 0.3) is 0 Å². The highest BCUT2D eigenvalue weighted by molar-refractivity contribution is 7.80. The Hall–Kier alpha value is -0.510. The summed E-state index contributed by atoms with van der Waals surface area (Å²) in [6.07, 6.45) is 0. The van der Waals surface area contributed by atoms with Gasteiger partial charge in [0.2, 0.25) is 0 Å². The highest BCUT2D eigenvalue weighted by Crippen LogP contribution is 2.33. The molecule has 82 valence electrons. The van der Waals surface area contributed by atoms with Gasteiger partial charge in [0.1, 0.15) is 0 Å². The molecule has 3 heteroatoms. The van der Waals surface area contributed by atoms with Crippen molar-refractivity contribution in [2.75, 3.05) is 6.61 Å². The zero-order valence-electron chi connectivity index (χ0n) is 9.13. The second kappa shape index (κ2) is 4.56. The highest BCUT2D eigenvalue weighted by Gasteiger charge is 2.34. The van der Waals surface area contributed by atoms with Crippen LogP contribution in [-0.4, -0.2) is 23.1 Å². The molecule has 0 saturated carbocycles. The molecule has 15 heavy (non-hydrogen) atoms. The number of hydrogen-bond acceptors (Lipinski definition) is 3. The number of thiol groups is 1. The van der Waals surface area contributed by atoms with E-state index < -0.39 is 0 Å². The van der Waals surface area contributed by atoms with Gasteiger partial charge in [0, 0.05) is 6.04 Å². The zero-order valence-corrected chi connectivity index (χ0v) is 10.0. The van der Waals surface area contributed by atoms with Crippen LogP contribution in [0.2, 0.25) is 0 Å². The van der Waals surface area contributed by atoms with Gasteiger partial charge in [0.25, 0.3) is 0 Å². The predicted molar refractivity (Wildman–Crippen MR) is 64.9 cm³/mol. The van der Waals surface area contributed by atoms with E-state index in [0.29, 0.717) is 12.1 Å². The second-order valence-corrected chi connectivity index (χ2v) is 4.57. The summed E-state index contributed by atoms with van der Waals surface area (Å²) in [6, 6.07) is 11.3. The molecule has 1 fully saturated rings. The fraction of sp³-hybridized carbons (Fsp3) is 0.500. The summed E-state index contributed by atoms with van der Waals surface area (Å²) >= 11 is 4.44. The van der Waals surface area contributed by atoms with E-state index in [1.807, 2.05) is 6.07 Å². The lowest BCUT2D eigenvalue weighted by atomic mass is 10.1. The third kappa shape index (κ3) is 2.19. The summed E-state index contributed by atoms with van der Waals surface area (Å²) in [5, 5.41) is 0. The molecule has 1 aromatic carbocycles. The van der Waals surface area contributed by atoms with E-state index in [1.54, 1.807) is 0 Å². The van der Waals surface area contributed by atoms with Crippen LogP contribution in [0.15, 0.2) is 30.3 Å². The Morgan fingerprint density at radius 1 is 1.33 bits per heavy atom. The van der Waals surface area contributed by atoms with Crippen LogP contribution in [0, 0.1) is 0 Å². The Balaban J connectivity index is 2.22. The molecule has 1 aromatic rings. The van der Waals surface area contributed by atoms with Gasteiger partial charge in [0.15, 0.2) is 5.56 Å². The Labute approximate surface area is 96.6 Å². The number of hydrogen-bond donors (Lipinski definition) is 1. The van der Waals surface area contributed by atoms with Crippen molar-refractivity contribution >= 4 is 12.6 Å². The van der Waals surface area contributed by atoms with Crippen molar-refractivity contribution in [2.45, 2.75) is 31.5 Å². The van der Waals surface area contributed by atoms with E-state index in [2.05, 4.69) is 55.6 Å². The Bertz CT molecular complexity index is 315. The van der Waals surface area contributed by atoms with E-state index in [4.69, 9.17) is 4.74 Å². The molecule has 2 nitrogen and oxygen atoms in total. The largest absolute Gasteiger partial charge is 0.352 e. The van der Waals surface area contributed by atoms with Gasteiger partial charge in [-0.1, -0.05) is 30.3 Å². The maximum absolute atomic E-state index is 5.58. The van der Waals surface area contributed by atoms with Crippen LogP contribution in [0.1, 0.15) is 25.5 Å². The molecule has 0 amide bonds. The first-order chi connectivity index (χ1) is 7.20. The van der Waals surface area contributed by atoms with Gasteiger partial charge < -0.3 is 4.74 Å². The smallest absolute Gasteiger partial charge is 0.156 e. The molecule has 0 radical (unpaired) electrons. The quantitative estimate of drug-likeness (QED) is 0.774. The number of rotatable bonds is 2. The van der Waals surface area contributed by atoms with Gasteiger partial charge in [-0.05, 0) is 19.4 Å². The third-order valence-corrected chi connectivity index (χ3v) is 3.21. The first kappa shape index (κ1) is 11.0. The van der Waals surface area contributed by atoms with E-state index in [1.165, 1.54) is 5.56 Å². The summed E-state index contributed by atoms with van der Waals surface area (Å²) in [6.45, 7) is 5.08. The van der Waals surface area contributed by atoms with E-state index in [-0.39, 0.29) is 5.56 Å². The van der Waals surface area contributed by atoms with E-state index in [9.17, 15) is 0 Å². The van der Waals surface area contributed by atoms with Crippen molar-refractivity contribution in [2.24, 2.45) is 0 Å². The first-order valence-corrected chi connectivity index (χ1v) is 5.84. The van der Waals surface area contributed by atoms with E-state index >= 15 is 0 Å². The van der Waals surface area contributed by atoms with Crippen molar-refractivity contribution in [3.63, 3.8) is 0 Å². The molecule has 0 N–H and O–H groups in total. The molecule has 1 aliphatic rings. The SMILES string of the molecule is CC(C)N1C(S)OC[C@@H]1c1ccccc1. The normalized spacial score (nSPS) is 27.5. The minimum absolute atomic E-state index is 0.0739. The molecule has 1 aliphatic heterocycles. The fourth-order valence-electron chi connectivity index (χ4n) is 2.06. The van der Waals surface area contributed by atoms with Gasteiger partial charge in [-0.2, -0.15) is 0 Å². The molecule has 0 spiro atoms. The number of ether oxygens (including phenoxy) is 1. The average molecular weight is 223 g/mol. The van der Waals surface area contributed by atoms with Crippen molar-refractivity contribution in [3.8, 4) is 0 Å². The summed E-state index contributed by atoms with van der Waals surface area (Å²) in [5.74, 6) is 0. The second-order valence-electron chi connectivity index (χ2n) is 4.13. The summed E-state index contributed by atoms with van der Waals surface area (Å²) in [4.78, 5) is 2.29. The number of nitrogens with zero attached hydrogens (tertiary/aromatic N) is 1. The lowest BCUT2D eigenvalue weighted by molar-refractivity contribution is 0.0879. The van der Waals surface area contributed by atoms with Crippen LogP contribution in [0.3, 0.4) is 0 Å². The molecular weight excluding hydrogens is 206 g/mol. The van der Waals surface area contributed by atoms with Crippen molar-refractivity contribution in [1.29, 1.82) is 0 Å². The third-order valence-electron chi connectivity index (χ3n) is 2.80. The van der Waals surface area contributed by atoms with Crippen LogP contribution in [-0.2, 0) is 4.74 Å². The minimum Gasteiger partial charge on any atom is -0.352 e. The van der Waals surface area contributed by atoms with Gasteiger partial charge >= 0.3 is 0 Å². The average Bonchev–Trinajstić information content (AvgIpc) is 2.61. The van der Waals surface area contributed by atoms with Gasteiger partial charge in [0.05, 0.1) is 12.6 Å². The van der Waals surface area contributed by atoms with Crippen molar-refractivity contribution in [3.05, 3.63) is 35.9 Å². The Kier molecular flexibility index (Phi) is 3.34. The maximum Gasteiger partial charge on any atom is 0.156 e. The predicted octanol–water partition coefficient (Wildman–Crippen LogP) is 2.68. The van der Waals surface area contributed by atoms with Crippen molar-refractivity contribution < 1.29 is 4.74 Å². The van der Waals surface area contributed by atoms with Crippen LogP contribution in [0.5, 0.6) is 0 Å². The summed E-state index contributed by atoms with van der Waals surface area (Å²) < 4.78 is 5.58. The van der Waals surface area contributed by atoms with Gasteiger partial charge in [-0.3, -0.25) is 4.90 Å². The van der Waals surface area contributed by atoms with Gasteiger partial charge in [-0.15, -0.1) is 12.6 Å². The molecule has 0 bridgehead atoms.